The quantitative estimate of drug-likeness (QED) is 0.200. The maximum atomic E-state index is 10.3. The summed E-state index contributed by atoms with van der Waals surface area (Å²) in [5, 5.41) is 11.4. The first-order valence-electron chi connectivity index (χ1n) is 9.85. The van der Waals surface area contributed by atoms with Crippen LogP contribution in [0.25, 0.3) is 0 Å². The summed E-state index contributed by atoms with van der Waals surface area (Å²) >= 11 is 0. The van der Waals surface area contributed by atoms with E-state index in [-0.39, 0.29) is 36.1 Å². The molecular weight excluding hydrogens is 309 g/mol. The SMILES string of the molecule is CCCCCCCC/C=C\CCCCCCCCNCC(=O)O.[Na]. The Kier molecular flexibility index (Phi) is 25.5. The summed E-state index contributed by atoms with van der Waals surface area (Å²) < 4.78 is 0. The second-order valence-corrected chi connectivity index (χ2v) is 6.51. The molecule has 0 aromatic carbocycles. The first-order valence-corrected chi connectivity index (χ1v) is 9.85. The number of allylic oxidation sites excluding steroid dienone is 2. The average Bonchev–Trinajstić information content (AvgIpc) is 2.53. The van der Waals surface area contributed by atoms with Crippen molar-refractivity contribution in [1.29, 1.82) is 0 Å². The van der Waals surface area contributed by atoms with Gasteiger partial charge in [-0.3, -0.25) is 4.79 Å². The summed E-state index contributed by atoms with van der Waals surface area (Å²) in [5.41, 5.74) is 0. The van der Waals surface area contributed by atoms with Gasteiger partial charge in [-0.25, -0.2) is 0 Å². The Morgan fingerprint density at radius 3 is 1.75 bits per heavy atom. The van der Waals surface area contributed by atoms with Crippen molar-refractivity contribution in [2.45, 2.75) is 96.8 Å². The van der Waals surface area contributed by atoms with Gasteiger partial charge in [0.1, 0.15) is 0 Å². The minimum absolute atomic E-state index is 0. The van der Waals surface area contributed by atoms with E-state index >= 15 is 0 Å². The van der Waals surface area contributed by atoms with Gasteiger partial charge < -0.3 is 10.4 Å². The van der Waals surface area contributed by atoms with Gasteiger partial charge in [-0.05, 0) is 38.6 Å². The van der Waals surface area contributed by atoms with Gasteiger partial charge in [-0.1, -0.05) is 76.9 Å². The van der Waals surface area contributed by atoms with Gasteiger partial charge >= 0.3 is 5.97 Å². The summed E-state index contributed by atoms with van der Waals surface area (Å²) in [6, 6.07) is 0. The van der Waals surface area contributed by atoms with Crippen molar-refractivity contribution < 1.29 is 9.90 Å². The Morgan fingerprint density at radius 1 is 0.792 bits per heavy atom. The molecule has 0 bridgehead atoms. The molecule has 24 heavy (non-hydrogen) atoms. The predicted molar refractivity (Wildman–Crippen MR) is 106 cm³/mol. The first-order chi connectivity index (χ1) is 11.3. The molecule has 0 fully saturated rings. The van der Waals surface area contributed by atoms with Gasteiger partial charge in [0.05, 0.1) is 6.54 Å². The largest absolute Gasteiger partial charge is 0.480 e. The maximum absolute atomic E-state index is 10.3. The molecular formula is C20H39NNaO2. The van der Waals surface area contributed by atoms with Crippen molar-refractivity contribution in [1.82, 2.24) is 5.32 Å². The zero-order valence-electron chi connectivity index (χ0n) is 16.3. The number of nitrogens with one attached hydrogen (secondary N) is 1. The van der Waals surface area contributed by atoms with Crippen LogP contribution in [0.15, 0.2) is 12.2 Å². The monoisotopic (exact) mass is 348 g/mol. The van der Waals surface area contributed by atoms with Gasteiger partial charge in [-0.15, -0.1) is 0 Å². The number of carboxylic acid groups (broad SMARTS) is 1. The zero-order chi connectivity index (χ0) is 17.0. The van der Waals surface area contributed by atoms with Gasteiger partial charge in [-0.2, -0.15) is 0 Å². The predicted octanol–water partition coefficient (Wildman–Crippen LogP) is 5.32. The third kappa shape index (κ3) is 24.4. The fraction of sp³-hybridized carbons (Fsp3) is 0.850. The van der Waals surface area contributed by atoms with Crippen LogP contribution in [0.4, 0.5) is 0 Å². The molecule has 3 nitrogen and oxygen atoms in total. The molecule has 0 aliphatic heterocycles. The number of aliphatic carboxylic acids is 1. The van der Waals surface area contributed by atoms with Crippen LogP contribution in [0, 0.1) is 0 Å². The van der Waals surface area contributed by atoms with Gasteiger partial charge in [0.15, 0.2) is 0 Å². The summed E-state index contributed by atoms with van der Waals surface area (Å²) in [4.78, 5) is 10.3. The van der Waals surface area contributed by atoms with E-state index in [1.165, 1.54) is 83.5 Å². The molecule has 0 aromatic rings. The summed E-state index contributed by atoms with van der Waals surface area (Å²) in [5.74, 6) is -0.769. The molecule has 0 atom stereocenters. The van der Waals surface area contributed by atoms with E-state index < -0.39 is 5.97 Å². The summed E-state index contributed by atoms with van der Waals surface area (Å²) in [6.45, 7) is 3.18. The molecule has 2 N–H and O–H groups in total. The number of unbranched alkanes of at least 4 members (excludes halogenated alkanes) is 12. The van der Waals surface area contributed by atoms with Crippen LogP contribution < -0.4 is 5.32 Å². The van der Waals surface area contributed by atoms with Crippen LogP contribution >= 0.6 is 0 Å². The Hall–Kier alpha value is 0.170. The summed E-state index contributed by atoms with van der Waals surface area (Å²) in [6.07, 6.45) is 23.0. The fourth-order valence-electron chi connectivity index (χ4n) is 2.69. The van der Waals surface area contributed by atoms with Crippen LogP contribution in [0.3, 0.4) is 0 Å². The van der Waals surface area contributed by atoms with Crippen molar-refractivity contribution in [3.8, 4) is 0 Å². The Balaban J connectivity index is 0. The van der Waals surface area contributed by atoms with E-state index in [9.17, 15) is 4.79 Å². The maximum Gasteiger partial charge on any atom is 0.317 e. The van der Waals surface area contributed by atoms with Crippen molar-refractivity contribution >= 4 is 35.5 Å². The molecule has 0 aromatic heterocycles. The molecule has 0 heterocycles. The van der Waals surface area contributed by atoms with Crippen molar-refractivity contribution in [3.05, 3.63) is 12.2 Å². The van der Waals surface area contributed by atoms with Crippen molar-refractivity contribution in [2.75, 3.05) is 13.1 Å². The van der Waals surface area contributed by atoms with Crippen molar-refractivity contribution in [3.63, 3.8) is 0 Å². The third-order valence-corrected chi connectivity index (χ3v) is 4.14. The molecule has 137 valence electrons. The molecule has 0 aliphatic carbocycles. The zero-order valence-corrected chi connectivity index (χ0v) is 18.3. The molecule has 4 heteroatoms. The smallest absolute Gasteiger partial charge is 0.317 e. The Morgan fingerprint density at radius 2 is 1.25 bits per heavy atom. The van der Waals surface area contributed by atoms with E-state index in [1.807, 2.05) is 0 Å². The minimum Gasteiger partial charge on any atom is -0.480 e. The molecule has 1 radical (unpaired) electrons. The molecule has 0 unspecified atom stereocenters. The Bertz CT molecular complexity index is 283. The molecule has 0 saturated carbocycles. The molecule has 0 rings (SSSR count). The second-order valence-electron chi connectivity index (χ2n) is 6.51. The standard InChI is InChI=1S/C20H39NO2.Na/c1-2-3-4-5-6-7-8-9-10-11-12-13-14-15-16-17-18-21-19-20(22)23;/h9-10,21H,2-8,11-19H2,1H3,(H,22,23);/b10-9-;. The molecule has 0 spiro atoms. The van der Waals surface area contributed by atoms with Gasteiger partial charge in [0, 0.05) is 29.6 Å². The van der Waals surface area contributed by atoms with E-state index in [2.05, 4.69) is 24.4 Å². The van der Waals surface area contributed by atoms with E-state index in [0.717, 1.165) is 13.0 Å². The molecule has 0 saturated heterocycles. The normalized spacial score (nSPS) is 10.9. The number of carboxylic acids is 1. The van der Waals surface area contributed by atoms with Crippen LogP contribution in [-0.2, 0) is 4.79 Å². The van der Waals surface area contributed by atoms with Gasteiger partial charge in [0.2, 0.25) is 0 Å². The Labute approximate surface area is 172 Å². The molecule has 0 amide bonds. The van der Waals surface area contributed by atoms with Crippen molar-refractivity contribution in [2.24, 2.45) is 0 Å². The molecule has 0 aliphatic rings. The second kappa shape index (κ2) is 23.2. The van der Waals surface area contributed by atoms with Crippen LogP contribution in [0.5, 0.6) is 0 Å². The number of carbonyl (C=O) groups is 1. The number of hydrogen-bond acceptors (Lipinski definition) is 2. The topological polar surface area (TPSA) is 49.3 Å². The average molecular weight is 349 g/mol. The third-order valence-electron chi connectivity index (χ3n) is 4.14. The number of rotatable bonds is 18. The summed E-state index contributed by atoms with van der Waals surface area (Å²) in [7, 11) is 0. The number of hydrogen-bond donors (Lipinski definition) is 2. The van der Waals surface area contributed by atoms with Crippen LogP contribution in [0.2, 0.25) is 0 Å². The fourth-order valence-corrected chi connectivity index (χ4v) is 2.69. The van der Waals surface area contributed by atoms with Gasteiger partial charge in [0.25, 0.3) is 0 Å². The minimum atomic E-state index is -0.769. The van der Waals surface area contributed by atoms with E-state index in [4.69, 9.17) is 5.11 Å². The van der Waals surface area contributed by atoms with E-state index in [0.29, 0.717) is 0 Å². The van der Waals surface area contributed by atoms with Crippen LogP contribution in [-0.4, -0.2) is 53.7 Å². The van der Waals surface area contributed by atoms with E-state index in [1.54, 1.807) is 0 Å². The first kappa shape index (κ1) is 26.4. The van der Waals surface area contributed by atoms with Crippen LogP contribution in [0.1, 0.15) is 96.8 Å².